The van der Waals surface area contributed by atoms with E-state index in [1.807, 2.05) is 6.92 Å². The summed E-state index contributed by atoms with van der Waals surface area (Å²) in [4.78, 5) is 29.3. The first-order valence-corrected chi connectivity index (χ1v) is 6.77. The fraction of sp³-hybridized carbons (Fsp3) is 0.545. The number of aromatic nitrogens is 1. The van der Waals surface area contributed by atoms with Crippen molar-refractivity contribution in [2.45, 2.75) is 13.3 Å². The Morgan fingerprint density at radius 1 is 1.47 bits per heavy atom. The van der Waals surface area contributed by atoms with E-state index in [1.54, 1.807) is 14.1 Å². The summed E-state index contributed by atoms with van der Waals surface area (Å²) in [5.41, 5.74) is 5.68. The first kappa shape index (κ1) is 15.2. The Hall–Kier alpha value is -1.83. The SMILES string of the molecule is CCCNC(=O)CN(C)C(=O)c1sc(NC)nc1N. The van der Waals surface area contributed by atoms with E-state index >= 15 is 0 Å². The summed E-state index contributed by atoms with van der Waals surface area (Å²) in [7, 11) is 3.26. The van der Waals surface area contributed by atoms with Gasteiger partial charge in [-0.15, -0.1) is 0 Å². The number of thiazole rings is 1. The molecule has 1 aromatic heterocycles. The summed E-state index contributed by atoms with van der Waals surface area (Å²) >= 11 is 1.17. The van der Waals surface area contributed by atoms with Gasteiger partial charge >= 0.3 is 0 Å². The lowest BCUT2D eigenvalue weighted by Crippen LogP contribution is -2.38. The minimum Gasteiger partial charge on any atom is -0.382 e. The van der Waals surface area contributed by atoms with Crippen molar-refractivity contribution in [3.63, 3.8) is 0 Å². The molecule has 0 fully saturated rings. The molecule has 0 saturated heterocycles. The van der Waals surface area contributed by atoms with Crippen LogP contribution in [0.3, 0.4) is 0 Å². The third-order valence-corrected chi connectivity index (χ3v) is 3.44. The molecule has 0 unspecified atom stereocenters. The highest BCUT2D eigenvalue weighted by Crippen LogP contribution is 2.25. The molecule has 0 saturated carbocycles. The van der Waals surface area contributed by atoms with Gasteiger partial charge in [-0.25, -0.2) is 4.98 Å². The Kier molecular flexibility index (Phi) is 5.56. The zero-order valence-corrected chi connectivity index (χ0v) is 12.1. The topological polar surface area (TPSA) is 100 Å². The van der Waals surface area contributed by atoms with Gasteiger partial charge in [-0.2, -0.15) is 0 Å². The third kappa shape index (κ3) is 4.09. The van der Waals surface area contributed by atoms with Crippen LogP contribution in [0.25, 0.3) is 0 Å². The molecule has 0 aliphatic rings. The van der Waals surface area contributed by atoms with Gasteiger partial charge < -0.3 is 21.3 Å². The number of hydrogen-bond donors (Lipinski definition) is 3. The number of likely N-dealkylation sites (N-methyl/N-ethyl adjacent to an activating group) is 1. The van der Waals surface area contributed by atoms with Crippen LogP contribution in [0.15, 0.2) is 0 Å². The Morgan fingerprint density at radius 3 is 2.68 bits per heavy atom. The summed E-state index contributed by atoms with van der Waals surface area (Å²) in [6.07, 6.45) is 0.858. The fourth-order valence-corrected chi connectivity index (χ4v) is 2.21. The summed E-state index contributed by atoms with van der Waals surface area (Å²) in [6.45, 7) is 2.57. The van der Waals surface area contributed by atoms with Crippen molar-refractivity contribution in [2.24, 2.45) is 0 Å². The van der Waals surface area contributed by atoms with Crippen LogP contribution in [0, 0.1) is 0 Å². The van der Waals surface area contributed by atoms with Crippen LogP contribution in [-0.2, 0) is 4.79 Å². The second-order valence-corrected chi connectivity index (χ2v) is 4.99. The van der Waals surface area contributed by atoms with Crippen LogP contribution in [0.2, 0.25) is 0 Å². The van der Waals surface area contributed by atoms with Crippen molar-refractivity contribution < 1.29 is 9.59 Å². The molecule has 0 bridgehead atoms. The molecule has 0 aliphatic heterocycles. The van der Waals surface area contributed by atoms with Crippen molar-refractivity contribution in [3.8, 4) is 0 Å². The highest BCUT2D eigenvalue weighted by atomic mass is 32.1. The van der Waals surface area contributed by atoms with Crippen molar-refractivity contribution in [1.29, 1.82) is 0 Å². The molecule has 0 spiro atoms. The number of rotatable bonds is 6. The molecular weight excluding hydrogens is 266 g/mol. The van der Waals surface area contributed by atoms with E-state index in [4.69, 9.17) is 5.73 Å². The minimum absolute atomic E-state index is 0.00502. The zero-order valence-electron chi connectivity index (χ0n) is 11.3. The molecular formula is C11H19N5O2S. The largest absolute Gasteiger partial charge is 0.382 e. The van der Waals surface area contributed by atoms with Gasteiger partial charge in [0.25, 0.3) is 5.91 Å². The normalized spacial score (nSPS) is 10.1. The van der Waals surface area contributed by atoms with Gasteiger partial charge in [0, 0.05) is 20.6 Å². The van der Waals surface area contributed by atoms with E-state index in [9.17, 15) is 9.59 Å². The van der Waals surface area contributed by atoms with Crippen LogP contribution in [-0.4, -0.2) is 48.9 Å². The Morgan fingerprint density at radius 2 is 2.16 bits per heavy atom. The quantitative estimate of drug-likeness (QED) is 0.701. The number of nitrogens with zero attached hydrogens (tertiary/aromatic N) is 2. The maximum absolute atomic E-state index is 12.1. The molecule has 7 nitrogen and oxygen atoms in total. The van der Waals surface area contributed by atoms with Gasteiger partial charge in [0.05, 0.1) is 6.54 Å². The first-order chi connectivity index (χ1) is 8.99. The Labute approximate surface area is 116 Å². The molecule has 0 aromatic carbocycles. The second-order valence-electron chi connectivity index (χ2n) is 3.99. The van der Waals surface area contributed by atoms with Gasteiger partial charge in [-0.1, -0.05) is 18.3 Å². The molecule has 0 atom stereocenters. The number of nitrogens with one attached hydrogen (secondary N) is 2. The first-order valence-electron chi connectivity index (χ1n) is 5.95. The molecule has 106 valence electrons. The summed E-state index contributed by atoms with van der Waals surface area (Å²) in [5, 5.41) is 6.11. The standard InChI is InChI=1S/C11H19N5O2S/c1-4-5-14-7(17)6-16(3)10(18)8-9(12)15-11(13-2)19-8/h4-6,12H2,1-3H3,(H,13,15)(H,14,17). The number of amides is 2. The average Bonchev–Trinajstić information content (AvgIpc) is 2.76. The van der Waals surface area contributed by atoms with Crippen LogP contribution in [0.4, 0.5) is 10.9 Å². The van der Waals surface area contributed by atoms with Crippen molar-refractivity contribution in [1.82, 2.24) is 15.2 Å². The van der Waals surface area contributed by atoms with E-state index in [2.05, 4.69) is 15.6 Å². The van der Waals surface area contributed by atoms with Crippen LogP contribution < -0.4 is 16.4 Å². The van der Waals surface area contributed by atoms with Crippen molar-refractivity contribution >= 4 is 34.1 Å². The number of carbonyl (C=O) groups excluding carboxylic acids is 2. The fourth-order valence-electron chi connectivity index (χ4n) is 1.37. The zero-order chi connectivity index (χ0) is 14.4. The lowest BCUT2D eigenvalue weighted by molar-refractivity contribution is -0.121. The monoisotopic (exact) mass is 285 g/mol. The van der Waals surface area contributed by atoms with Gasteiger partial charge in [-0.05, 0) is 6.42 Å². The van der Waals surface area contributed by atoms with Crippen molar-refractivity contribution in [3.05, 3.63) is 4.88 Å². The summed E-state index contributed by atoms with van der Waals surface area (Å²) < 4.78 is 0. The highest BCUT2D eigenvalue weighted by molar-refractivity contribution is 7.18. The molecule has 0 radical (unpaired) electrons. The number of nitrogen functional groups attached to an aromatic ring is 1. The van der Waals surface area contributed by atoms with E-state index < -0.39 is 0 Å². The highest BCUT2D eigenvalue weighted by Gasteiger charge is 2.20. The van der Waals surface area contributed by atoms with Crippen LogP contribution in [0.1, 0.15) is 23.0 Å². The average molecular weight is 285 g/mol. The predicted molar refractivity (Wildman–Crippen MR) is 76.3 cm³/mol. The number of nitrogens with two attached hydrogens (primary N) is 1. The number of hydrogen-bond acceptors (Lipinski definition) is 6. The molecule has 19 heavy (non-hydrogen) atoms. The van der Waals surface area contributed by atoms with Gasteiger partial charge in [0.1, 0.15) is 10.7 Å². The van der Waals surface area contributed by atoms with Crippen LogP contribution in [0.5, 0.6) is 0 Å². The number of anilines is 2. The maximum Gasteiger partial charge on any atom is 0.268 e. The Bertz CT molecular complexity index is 460. The summed E-state index contributed by atoms with van der Waals surface area (Å²) in [5.74, 6) is -0.307. The second kappa shape index (κ2) is 6.93. The molecule has 4 N–H and O–H groups in total. The summed E-state index contributed by atoms with van der Waals surface area (Å²) in [6, 6.07) is 0. The lowest BCUT2D eigenvalue weighted by Gasteiger charge is -2.15. The molecule has 1 heterocycles. The molecule has 8 heteroatoms. The third-order valence-electron chi connectivity index (χ3n) is 2.36. The minimum atomic E-state index is -0.303. The Balaban J connectivity index is 2.65. The van der Waals surface area contributed by atoms with Crippen LogP contribution >= 0.6 is 11.3 Å². The maximum atomic E-state index is 12.1. The molecule has 2 amide bonds. The lowest BCUT2D eigenvalue weighted by atomic mass is 10.4. The number of carbonyl (C=O) groups is 2. The predicted octanol–water partition coefficient (Wildman–Crippen LogP) is 0.365. The molecule has 1 aromatic rings. The molecule has 1 rings (SSSR count). The van der Waals surface area contributed by atoms with E-state index in [-0.39, 0.29) is 24.2 Å². The van der Waals surface area contributed by atoms with E-state index in [0.717, 1.165) is 6.42 Å². The van der Waals surface area contributed by atoms with Gasteiger partial charge in [0.15, 0.2) is 5.13 Å². The van der Waals surface area contributed by atoms with Gasteiger partial charge in [-0.3, -0.25) is 9.59 Å². The molecule has 0 aliphatic carbocycles. The van der Waals surface area contributed by atoms with E-state index in [1.165, 1.54) is 16.2 Å². The smallest absolute Gasteiger partial charge is 0.268 e. The van der Waals surface area contributed by atoms with Gasteiger partial charge in [0.2, 0.25) is 5.91 Å². The van der Waals surface area contributed by atoms with E-state index in [0.29, 0.717) is 16.6 Å². The van der Waals surface area contributed by atoms with Crippen molar-refractivity contribution in [2.75, 3.05) is 38.2 Å².